The summed E-state index contributed by atoms with van der Waals surface area (Å²) in [5, 5.41) is 13.8. The Morgan fingerprint density at radius 1 is 1.00 bits per heavy atom. The number of benzene rings is 3. The number of piperidine rings is 1. The van der Waals surface area contributed by atoms with Gasteiger partial charge in [0.25, 0.3) is 0 Å². The summed E-state index contributed by atoms with van der Waals surface area (Å²) in [6.07, 6.45) is -1.37. The van der Waals surface area contributed by atoms with E-state index < -0.39 is 29.5 Å². The van der Waals surface area contributed by atoms with Crippen LogP contribution in [0.3, 0.4) is 0 Å². The zero-order valence-corrected chi connectivity index (χ0v) is 23.9. The lowest BCUT2D eigenvalue weighted by Gasteiger charge is -2.20. The van der Waals surface area contributed by atoms with Gasteiger partial charge in [0.15, 0.2) is 17.7 Å². The minimum Gasteiger partial charge on any atom is -0.492 e. The second-order valence-electron chi connectivity index (χ2n) is 9.84. The van der Waals surface area contributed by atoms with Gasteiger partial charge in [0, 0.05) is 49.7 Å². The van der Waals surface area contributed by atoms with Gasteiger partial charge in [-0.2, -0.15) is 0 Å². The Kier molecular flexibility index (Phi) is 11.4. The zero-order valence-electron chi connectivity index (χ0n) is 21.5. The summed E-state index contributed by atoms with van der Waals surface area (Å²) in [5.74, 6) is -1.18. The summed E-state index contributed by atoms with van der Waals surface area (Å²) < 4.78 is 38.3. The van der Waals surface area contributed by atoms with Crippen LogP contribution in [0.5, 0.6) is 11.5 Å². The number of likely N-dealkylation sites (tertiary alicyclic amines) is 1. The number of hydrogen-bond donors (Lipinski definition) is 2. The van der Waals surface area contributed by atoms with Gasteiger partial charge in [-0.25, -0.2) is 13.6 Å². The van der Waals surface area contributed by atoms with Gasteiger partial charge in [0.1, 0.15) is 18.2 Å². The average Bonchev–Trinajstić information content (AvgIpc) is 3.35. The molecule has 3 aromatic rings. The predicted octanol–water partition coefficient (Wildman–Crippen LogP) is 5.64. The second kappa shape index (κ2) is 14.3. The molecule has 1 aliphatic carbocycles. The van der Waals surface area contributed by atoms with E-state index in [1.54, 1.807) is 24.3 Å². The molecular weight excluding hydrogens is 585 g/mol. The van der Waals surface area contributed by atoms with Crippen LogP contribution in [0.25, 0.3) is 0 Å². The molecule has 5 rings (SSSR count). The van der Waals surface area contributed by atoms with Crippen molar-refractivity contribution < 1.29 is 28.2 Å². The summed E-state index contributed by atoms with van der Waals surface area (Å²) in [6.45, 7) is 4.41. The Labute approximate surface area is 249 Å². The number of halogens is 5. The van der Waals surface area contributed by atoms with Crippen molar-refractivity contribution in [1.29, 1.82) is 0 Å². The van der Waals surface area contributed by atoms with E-state index in [0.717, 1.165) is 49.4 Å². The van der Waals surface area contributed by atoms with Crippen molar-refractivity contribution in [3.63, 3.8) is 0 Å². The Bertz CT molecular complexity index is 1260. The third-order valence-corrected chi connectivity index (χ3v) is 7.37. The fourth-order valence-electron chi connectivity index (χ4n) is 5.12. The van der Waals surface area contributed by atoms with E-state index in [1.807, 2.05) is 12.1 Å². The summed E-state index contributed by atoms with van der Waals surface area (Å²) in [5.41, 5.74) is 1.96. The van der Waals surface area contributed by atoms with Crippen LogP contribution in [-0.2, 0) is 17.8 Å². The van der Waals surface area contributed by atoms with Crippen molar-refractivity contribution in [2.75, 3.05) is 26.2 Å². The molecular formula is C29H31Cl3F2N2O4. The van der Waals surface area contributed by atoms with E-state index in [1.165, 1.54) is 5.56 Å². The quantitative estimate of drug-likeness (QED) is 0.257. The number of ether oxygens (including phenoxy) is 2. The fraction of sp³-hybridized carbons (Fsp3) is 0.345. The Balaban J connectivity index is 0.00000220. The van der Waals surface area contributed by atoms with Crippen molar-refractivity contribution in [1.82, 2.24) is 10.2 Å². The minimum absolute atomic E-state index is 0. The van der Waals surface area contributed by atoms with Gasteiger partial charge in [0.05, 0.1) is 0 Å². The molecule has 0 bridgehead atoms. The first-order valence-corrected chi connectivity index (χ1v) is 13.0. The molecule has 0 radical (unpaired) electrons. The molecule has 2 aliphatic rings. The summed E-state index contributed by atoms with van der Waals surface area (Å²) in [7, 11) is 0. The number of rotatable bonds is 12. The normalized spacial score (nSPS) is 20.0. The molecule has 0 amide bonds. The van der Waals surface area contributed by atoms with Crippen LogP contribution < -0.4 is 14.8 Å². The van der Waals surface area contributed by atoms with Gasteiger partial charge in [-0.3, -0.25) is 4.90 Å². The number of hydrogen-bond acceptors (Lipinski definition) is 5. The predicted molar refractivity (Wildman–Crippen MR) is 154 cm³/mol. The smallest absolute Gasteiger partial charge is 0.345 e. The molecule has 6 nitrogen and oxygen atoms in total. The molecule has 1 saturated carbocycles. The van der Waals surface area contributed by atoms with Gasteiger partial charge < -0.3 is 19.9 Å². The maximum atomic E-state index is 13.8. The SMILES string of the molecule is Cl.Cl.O=C(O)[C@H](Cc1ccc(OCCNC2C3CN(Cc4ccc(Cl)cc4)C[C@@H]32)cc1)Oc1cc(F)ccc1F. The zero-order chi connectivity index (χ0) is 26.6. The molecule has 0 spiro atoms. The van der Waals surface area contributed by atoms with Crippen molar-refractivity contribution >= 4 is 42.4 Å². The van der Waals surface area contributed by atoms with Gasteiger partial charge in [-0.15, -0.1) is 24.8 Å². The van der Waals surface area contributed by atoms with E-state index in [4.69, 9.17) is 21.1 Å². The molecule has 11 heteroatoms. The standard InChI is InChI=1S/C29H29ClF2N2O4.2ClH/c30-20-5-1-19(2-6-20)15-34-16-23-24(17-34)28(23)33-11-12-37-22-8-3-18(4-9-22)13-27(29(35)36)38-26-14-21(31)7-10-25(26)32;;/h1-10,14,23-24,27-28,33H,11-13,15-17H2,(H,35,36);2*1H/t23-,24?,27-,28?;;/m0../s1. The molecule has 1 aliphatic heterocycles. The van der Waals surface area contributed by atoms with Crippen LogP contribution in [0, 0.1) is 23.5 Å². The maximum absolute atomic E-state index is 13.8. The Hall–Kier alpha value is -2.62. The number of fused-ring (bicyclic) bond motifs is 1. The van der Waals surface area contributed by atoms with Crippen molar-refractivity contribution in [3.05, 3.63) is 94.5 Å². The van der Waals surface area contributed by atoms with Crippen LogP contribution in [0.15, 0.2) is 66.7 Å². The number of carboxylic acid groups (broad SMARTS) is 1. The molecule has 2 fully saturated rings. The summed E-state index contributed by atoms with van der Waals surface area (Å²) in [4.78, 5) is 14.1. The van der Waals surface area contributed by atoms with Crippen molar-refractivity contribution in [2.24, 2.45) is 11.8 Å². The third-order valence-electron chi connectivity index (χ3n) is 7.12. The van der Waals surface area contributed by atoms with Crippen LogP contribution in [0.1, 0.15) is 11.1 Å². The van der Waals surface area contributed by atoms with Gasteiger partial charge in [-0.05, 0) is 59.4 Å². The molecule has 2 N–H and O–H groups in total. The van der Waals surface area contributed by atoms with Crippen LogP contribution >= 0.6 is 36.4 Å². The number of carboxylic acids is 1. The summed E-state index contributed by atoms with van der Waals surface area (Å²) >= 11 is 5.97. The molecule has 40 heavy (non-hydrogen) atoms. The highest BCUT2D eigenvalue weighted by Crippen LogP contribution is 2.45. The number of carbonyl (C=O) groups is 1. The van der Waals surface area contributed by atoms with E-state index in [0.29, 0.717) is 35.8 Å². The number of nitrogens with zero attached hydrogens (tertiary/aromatic N) is 1. The Morgan fingerprint density at radius 2 is 1.65 bits per heavy atom. The lowest BCUT2D eigenvalue weighted by Crippen LogP contribution is -2.33. The molecule has 0 aromatic heterocycles. The van der Waals surface area contributed by atoms with E-state index in [-0.39, 0.29) is 31.2 Å². The molecule has 3 aromatic carbocycles. The third kappa shape index (κ3) is 8.21. The first-order chi connectivity index (χ1) is 18.4. The molecule has 1 saturated heterocycles. The first kappa shape index (κ1) is 31.9. The maximum Gasteiger partial charge on any atom is 0.345 e. The minimum atomic E-state index is -1.36. The van der Waals surface area contributed by atoms with Crippen molar-refractivity contribution in [2.45, 2.75) is 25.1 Å². The highest BCUT2D eigenvalue weighted by Gasteiger charge is 2.55. The highest BCUT2D eigenvalue weighted by atomic mass is 35.5. The topological polar surface area (TPSA) is 71.0 Å². The lowest BCUT2D eigenvalue weighted by atomic mass is 10.1. The van der Waals surface area contributed by atoms with Crippen LogP contribution in [-0.4, -0.2) is 54.4 Å². The monoisotopic (exact) mass is 614 g/mol. The molecule has 2 unspecified atom stereocenters. The van der Waals surface area contributed by atoms with E-state index >= 15 is 0 Å². The second-order valence-corrected chi connectivity index (χ2v) is 10.3. The van der Waals surface area contributed by atoms with Gasteiger partial charge >= 0.3 is 5.97 Å². The number of aliphatic carboxylic acids is 1. The highest BCUT2D eigenvalue weighted by molar-refractivity contribution is 6.30. The first-order valence-electron chi connectivity index (χ1n) is 12.6. The molecule has 216 valence electrons. The lowest BCUT2D eigenvalue weighted by molar-refractivity contribution is -0.145. The van der Waals surface area contributed by atoms with Crippen LogP contribution in [0.2, 0.25) is 5.02 Å². The number of nitrogens with one attached hydrogen (secondary N) is 1. The van der Waals surface area contributed by atoms with Crippen LogP contribution in [0.4, 0.5) is 8.78 Å². The fourth-order valence-corrected chi connectivity index (χ4v) is 5.25. The van der Waals surface area contributed by atoms with E-state index in [2.05, 4.69) is 22.3 Å². The van der Waals surface area contributed by atoms with Gasteiger partial charge in [0.2, 0.25) is 0 Å². The summed E-state index contributed by atoms with van der Waals surface area (Å²) in [6, 6.07) is 18.3. The van der Waals surface area contributed by atoms with E-state index in [9.17, 15) is 18.7 Å². The largest absolute Gasteiger partial charge is 0.492 e. The molecule has 1 heterocycles. The average molecular weight is 616 g/mol. The van der Waals surface area contributed by atoms with Crippen molar-refractivity contribution in [3.8, 4) is 11.5 Å². The Morgan fingerprint density at radius 3 is 2.30 bits per heavy atom. The molecule has 4 atom stereocenters. The van der Waals surface area contributed by atoms with Gasteiger partial charge in [-0.1, -0.05) is 35.9 Å².